The van der Waals surface area contributed by atoms with Gasteiger partial charge < -0.3 is 23.8 Å². The molecular formula is C27H25F3N4O3. The molecule has 2 aromatic carbocycles. The minimum Gasteiger partial charge on any atom is -0.495 e. The number of aryl methyl sites for hydroxylation is 1. The number of piperidine rings is 1. The first-order valence-corrected chi connectivity index (χ1v) is 12.1. The summed E-state index contributed by atoms with van der Waals surface area (Å²) in [6, 6.07) is 9.53. The van der Waals surface area contributed by atoms with Gasteiger partial charge in [0.15, 0.2) is 5.84 Å². The third-order valence-electron chi connectivity index (χ3n) is 7.05. The Kier molecular flexibility index (Phi) is 5.43. The van der Waals surface area contributed by atoms with Crippen LogP contribution in [-0.2, 0) is 16.7 Å². The molecule has 7 nitrogen and oxygen atoms in total. The van der Waals surface area contributed by atoms with Gasteiger partial charge in [0.1, 0.15) is 11.5 Å². The Bertz CT molecular complexity index is 1430. The second-order valence-electron chi connectivity index (χ2n) is 9.38. The predicted octanol–water partition coefficient (Wildman–Crippen LogP) is 5.67. The van der Waals surface area contributed by atoms with E-state index < -0.39 is 17.5 Å². The van der Waals surface area contributed by atoms with E-state index in [0.717, 1.165) is 47.5 Å². The van der Waals surface area contributed by atoms with E-state index in [0.29, 0.717) is 30.1 Å². The zero-order valence-corrected chi connectivity index (χ0v) is 20.4. The second-order valence-corrected chi connectivity index (χ2v) is 9.38. The van der Waals surface area contributed by atoms with E-state index in [9.17, 15) is 13.2 Å². The molecule has 0 radical (unpaired) electrons. The number of hydrogen-bond donors (Lipinski definition) is 0. The molecule has 1 aromatic heterocycles. The molecule has 1 unspecified atom stereocenters. The van der Waals surface area contributed by atoms with E-state index >= 15 is 0 Å². The number of methoxy groups -OCH3 is 1. The number of oxime groups is 1. The highest BCUT2D eigenvalue weighted by Gasteiger charge is 2.52. The zero-order valence-electron chi connectivity index (χ0n) is 20.4. The standard InChI is InChI=1S/C27H25F3N4O3/c1-17-15-33(16-31-17)22-8-5-18(13-24(22)35-2)12-19-4-3-10-34-25(19)32-37-26(34)9-11-36-23-14-20(27(28,29)30)6-7-21(23)26/h5-8,12-16H,3-4,9-11H2,1-2H3/b19-12+. The lowest BCUT2D eigenvalue weighted by atomic mass is 9.90. The van der Waals surface area contributed by atoms with Crippen LogP contribution in [0.4, 0.5) is 13.2 Å². The van der Waals surface area contributed by atoms with Crippen LogP contribution in [0.3, 0.4) is 0 Å². The van der Waals surface area contributed by atoms with Crippen molar-refractivity contribution in [3.05, 3.63) is 76.9 Å². The van der Waals surface area contributed by atoms with Gasteiger partial charge in [0.05, 0.1) is 42.6 Å². The quantitative estimate of drug-likeness (QED) is 0.455. The summed E-state index contributed by atoms with van der Waals surface area (Å²) in [7, 11) is 1.63. The normalized spacial score (nSPS) is 21.8. The van der Waals surface area contributed by atoms with E-state index in [1.165, 1.54) is 6.07 Å². The molecular weight excluding hydrogens is 485 g/mol. The van der Waals surface area contributed by atoms with Crippen molar-refractivity contribution in [1.29, 1.82) is 0 Å². The number of alkyl halides is 3. The Labute approximate surface area is 211 Å². The topological polar surface area (TPSA) is 61.1 Å². The molecule has 192 valence electrons. The van der Waals surface area contributed by atoms with Gasteiger partial charge in [0.2, 0.25) is 5.72 Å². The predicted molar refractivity (Wildman–Crippen MR) is 131 cm³/mol. The molecule has 3 aliphatic heterocycles. The summed E-state index contributed by atoms with van der Waals surface area (Å²) < 4.78 is 53.1. The smallest absolute Gasteiger partial charge is 0.416 e. The van der Waals surface area contributed by atoms with Crippen molar-refractivity contribution in [3.8, 4) is 17.2 Å². The lowest BCUT2D eigenvalue weighted by Gasteiger charge is -2.42. The van der Waals surface area contributed by atoms with Crippen LogP contribution in [0.5, 0.6) is 11.5 Å². The van der Waals surface area contributed by atoms with E-state index in [1.807, 2.05) is 35.9 Å². The van der Waals surface area contributed by atoms with Gasteiger partial charge in [-0.3, -0.25) is 0 Å². The molecule has 4 heterocycles. The lowest BCUT2D eigenvalue weighted by Crippen LogP contribution is -2.51. The number of halogens is 3. The lowest BCUT2D eigenvalue weighted by molar-refractivity contribution is -0.139. The summed E-state index contributed by atoms with van der Waals surface area (Å²) in [5, 5.41) is 4.45. The highest BCUT2D eigenvalue weighted by Crippen LogP contribution is 2.49. The van der Waals surface area contributed by atoms with Gasteiger partial charge in [-0.25, -0.2) is 4.98 Å². The average Bonchev–Trinajstić information content (AvgIpc) is 3.48. The maximum Gasteiger partial charge on any atom is 0.416 e. The second kappa shape index (κ2) is 8.57. The summed E-state index contributed by atoms with van der Waals surface area (Å²) in [5.41, 5.74) is 2.57. The molecule has 10 heteroatoms. The van der Waals surface area contributed by atoms with E-state index in [-0.39, 0.29) is 12.4 Å². The Morgan fingerprint density at radius 1 is 1.16 bits per heavy atom. The largest absolute Gasteiger partial charge is 0.495 e. The summed E-state index contributed by atoms with van der Waals surface area (Å²) in [4.78, 5) is 12.4. The molecule has 37 heavy (non-hydrogen) atoms. The van der Waals surface area contributed by atoms with Crippen molar-refractivity contribution in [2.45, 2.75) is 38.1 Å². The first kappa shape index (κ1) is 23.4. The van der Waals surface area contributed by atoms with Crippen LogP contribution in [0, 0.1) is 6.92 Å². The highest BCUT2D eigenvalue weighted by molar-refractivity contribution is 6.03. The van der Waals surface area contributed by atoms with Crippen molar-refractivity contribution >= 4 is 11.9 Å². The molecule has 0 aliphatic carbocycles. The van der Waals surface area contributed by atoms with E-state index in [1.54, 1.807) is 13.4 Å². The molecule has 0 amide bonds. The maximum atomic E-state index is 13.3. The molecule has 0 saturated carbocycles. The van der Waals surface area contributed by atoms with Crippen LogP contribution in [0.1, 0.15) is 41.6 Å². The summed E-state index contributed by atoms with van der Waals surface area (Å²) in [5.74, 6) is 1.59. The monoisotopic (exact) mass is 510 g/mol. The molecule has 6 rings (SSSR count). The number of ether oxygens (including phenoxy) is 2. The molecule has 1 saturated heterocycles. The molecule has 1 atom stereocenters. The molecule has 0 N–H and O–H groups in total. The summed E-state index contributed by atoms with van der Waals surface area (Å²) in [6.07, 6.45) is 3.41. The first-order valence-electron chi connectivity index (χ1n) is 12.1. The number of aromatic nitrogens is 2. The van der Waals surface area contributed by atoms with Gasteiger partial charge in [-0.15, -0.1) is 0 Å². The van der Waals surface area contributed by atoms with Gasteiger partial charge in [-0.1, -0.05) is 11.2 Å². The minimum atomic E-state index is -4.45. The van der Waals surface area contributed by atoms with Crippen LogP contribution >= 0.6 is 0 Å². The van der Waals surface area contributed by atoms with Gasteiger partial charge in [-0.05, 0) is 67.3 Å². The fourth-order valence-corrected chi connectivity index (χ4v) is 5.28. The molecule has 1 spiro atoms. The number of rotatable bonds is 3. The highest BCUT2D eigenvalue weighted by atomic mass is 19.4. The van der Waals surface area contributed by atoms with Crippen LogP contribution < -0.4 is 9.47 Å². The van der Waals surface area contributed by atoms with Crippen molar-refractivity contribution in [3.63, 3.8) is 0 Å². The Morgan fingerprint density at radius 3 is 2.78 bits per heavy atom. The Balaban J connectivity index is 1.33. The average molecular weight is 511 g/mol. The van der Waals surface area contributed by atoms with Gasteiger partial charge in [0.25, 0.3) is 0 Å². The third-order valence-corrected chi connectivity index (χ3v) is 7.05. The van der Waals surface area contributed by atoms with Crippen LogP contribution in [0.25, 0.3) is 11.8 Å². The van der Waals surface area contributed by atoms with Crippen molar-refractivity contribution < 1.29 is 27.5 Å². The number of imidazole rings is 1. The maximum absolute atomic E-state index is 13.3. The number of hydrogen-bond acceptors (Lipinski definition) is 6. The first-order chi connectivity index (χ1) is 17.8. The number of fused-ring (bicyclic) bond motifs is 4. The number of amidine groups is 1. The van der Waals surface area contributed by atoms with Crippen molar-refractivity contribution in [2.24, 2.45) is 5.16 Å². The van der Waals surface area contributed by atoms with Crippen molar-refractivity contribution in [2.75, 3.05) is 20.3 Å². The van der Waals surface area contributed by atoms with Gasteiger partial charge in [-0.2, -0.15) is 13.2 Å². The fraction of sp³-hybridized carbons (Fsp3) is 0.333. The third kappa shape index (κ3) is 3.91. The van der Waals surface area contributed by atoms with E-state index in [4.69, 9.17) is 14.3 Å². The number of benzene rings is 2. The SMILES string of the molecule is COc1cc(/C=C2\CCCN3C2=NOC32CCOc3cc(C(F)(F)F)ccc32)ccc1-n1cnc(C)c1. The molecule has 3 aromatic rings. The van der Waals surface area contributed by atoms with Crippen LogP contribution in [0.2, 0.25) is 0 Å². The summed E-state index contributed by atoms with van der Waals surface area (Å²) >= 11 is 0. The van der Waals surface area contributed by atoms with Crippen molar-refractivity contribution in [1.82, 2.24) is 14.5 Å². The Hall–Kier alpha value is -3.95. The van der Waals surface area contributed by atoms with Crippen LogP contribution in [-0.4, -0.2) is 40.5 Å². The van der Waals surface area contributed by atoms with Gasteiger partial charge >= 0.3 is 6.18 Å². The minimum absolute atomic E-state index is 0.184. The Morgan fingerprint density at radius 2 is 2.03 bits per heavy atom. The molecule has 1 fully saturated rings. The van der Waals surface area contributed by atoms with Crippen LogP contribution in [0.15, 0.2) is 59.7 Å². The fourth-order valence-electron chi connectivity index (χ4n) is 5.28. The summed E-state index contributed by atoms with van der Waals surface area (Å²) in [6.45, 7) is 2.84. The van der Waals surface area contributed by atoms with Gasteiger partial charge in [0, 0.05) is 19.2 Å². The molecule has 0 bridgehead atoms. The molecule has 3 aliphatic rings. The number of nitrogens with zero attached hydrogens (tertiary/aromatic N) is 4. The van der Waals surface area contributed by atoms with E-state index in [2.05, 4.69) is 21.1 Å². The zero-order chi connectivity index (χ0) is 25.8.